The summed E-state index contributed by atoms with van der Waals surface area (Å²) in [7, 11) is 0. The molecule has 2 rings (SSSR count). The van der Waals surface area contributed by atoms with Crippen molar-refractivity contribution in [1.29, 1.82) is 0 Å². The Hall–Kier alpha value is -1.61. The highest BCUT2D eigenvalue weighted by molar-refractivity contribution is 7.90. The molecule has 0 aliphatic rings. The first-order chi connectivity index (χ1) is 8.24. The van der Waals surface area contributed by atoms with Crippen molar-refractivity contribution < 1.29 is 8.37 Å². The molecule has 0 aliphatic heterocycles. The van der Waals surface area contributed by atoms with Crippen LogP contribution in [0.1, 0.15) is 11.1 Å². The van der Waals surface area contributed by atoms with Crippen LogP contribution in [0.4, 0.5) is 0 Å². The molecule has 2 aromatic carbocycles. The van der Waals surface area contributed by atoms with E-state index in [0.29, 0.717) is 0 Å². The summed E-state index contributed by atoms with van der Waals surface area (Å²) in [4.78, 5) is 0. The molecule has 3 heteroatoms. The van der Waals surface area contributed by atoms with Crippen molar-refractivity contribution in [3.63, 3.8) is 0 Å². The van der Waals surface area contributed by atoms with Gasteiger partial charge in [0.1, 0.15) is 11.5 Å². The van der Waals surface area contributed by atoms with Gasteiger partial charge < -0.3 is 8.37 Å². The van der Waals surface area contributed by atoms with E-state index < -0.39 is 0 Å². The van der Waals surface area contributed by atoms with E-state index in [0.717, 1.165) is 23.8 Å². The summed E-state index contributed by atoms with van der Waals surface area (Å²) in [6.07, 6.45) is 0. The summed E-state index contributed by atoms with van der Waals surface area (Å²) >= 11 is 0.971. The SMILES string of the molecule is Cc1ccc(OSOc2ccc(C)cc2)cc1. The van der Waals surface area contributed by atoms with Crippen LogP contribution in [0.5, 0.6) is 11.5 Å². The predicted molar refractivity (Wildman–Crippen MR) is 71.2 cm³/mol. The molecule has 2 nitrogen and oxygen atoms in total. The lowest BCUT2D eigenvalue weighted by Crippen LogP contribution is -1.88. The summed E-state index contributed by atoms with van der Waals surface area (Å²) in [5, 5.41) is 0. The third-order valence-corrected chi connectivity index (χ3v) is 2.82. The summed E-state index contributed by atoms with van der Waals surface area (Å²) < 4.78 is 10.8. The van der Waals surface area contributed by atoms with Crippen LogP contribution >= 0.6 is 12.3 Å². The van der Waals surface area contributed by atoms with Gasteiger partial charge in [-0.2, -0.15) is 0 Å². The Morgan fingerprint density at radius 1 is 0.647 bits per heavy atom. The number of hydrogen-bond donors (Lipinski definition) is 0. The monoisotopic (exact) mass is 246 g/mol. The van der Waals surface area contributed by atoms with Gasteiger partial charge in [-0.15, -0.1) is 0 Å². The average Bonchev–Trinajstić information content (AvgIpc) is 2.34. The van der Waals surface area contributed by atoms with E-state index in [-0.39, 0.29) is 0 Å². The molecule has 0 amide bonds. The van der Waals surface area contributed by atoms with Crippen molar-refractivity contribution in [2.24, 2.45) is 0 Å². The first-order valence-corrected chi connectivity index (χ1v) is 6.05. The van der Waals surface area contributed by atoms with Crippen LogP contribution in [0.3, 0.4) is 0 Å². The highest BCUT2D eigenvalue weighted by Crippen LogP contribution is 2.21. The first kappa shape index (κ1) is 11.9. The van der Waals surface area contributed by atoms with E-state index in [2.05, 4.69) is 0 Å². The lowest BCUT2D eigenvalue weighted by atomic mass is 10.2. The molecule has 17 heavy (non-hydrogen) atoms. The van der Waals surface area contributed by atoms with Gasteiger partial charge in [-0.1, -0.05) is 35.4 Å². The molecule has 0 aliphatic carbocycles. The molecule has 0 bridgehead atoms. The molecular weight excluding hydrogens is 232 g/mol. The smallest absolute Gasteiger partial charge is 0.293 e. The van der Waals surface area contributed by atoms with Crippen LogP contribution in [-0.4, -0.2) is 0 Å². The van der Waals surface area contributed by atoms with Gasteiger partial charge in [-0.3, -0.25) is 0 Å². The van der Waals surface area contributed by atoms with Gasteiger partial charge in [0.2, 0.25) is 0 Å². The Balaban J connectivity index is 1.83. The Bertz CT molecular complexity index is 417. The van der Waals surface area contributed by atoms with Crippen LogP contribution in [0.15, 0.2) is 48.5 Å². The molecule has 0 N–H and O–H groups in total. The third kappa shape index (κ3) is 3.71. The fourth-order valence-corrected chi connectivity index (χ4v) is 1.70. The van der Waals surface area contributed by atoms with Gasteiger partial charge in [0.05, 0.1) is 0 Å². The van der Waals surface area contributed by atoms with E-state index >= 15 is 0 Å². The van der Waals surface area contributed by atoms with E-state index in [4.69, 9.17) is 8.37 Å². The standard InChI is InChI=1S/C14H14O2S/c1-11-3-7-13(8-4-11)15-17-16-14-9-5-12(2)6-10-14/h3-10H,1-2H3. The van der Waals surface area contributed by atoms with Gasteiger partial charge in [0.15, 0.2) is 0 Å². The third-order valence-electron chi connectivity index (χ3n) is 2.30. The molecule has 88 valence electrons. The molecular formula is C14H14O2S. The van der Waals surface area contributed by atoms with Crippen LogP contribution in [0, 0.1) is 13.8 Å². The Kier molecular flexibility index (Phi) is 3.94. The maximum Gasteiger partial charge on any atom is 0.293 e. The normalized spacial score (nSPS) is 10.0. The first-order valence-electron chi connectivity index (χ1n) is 5.38. The van der Waals surface area contributed by atoms with E-state index in [1.54, 1.807) is 0 Å². The fourth-order valence-electron chi connectivity index (χ4n) is 1.28. The molecule has 0 heterocycles. The number of rotatable bonds is 4. The quantitative estimate of drug-likeness (QED) is 0.748. The molecule has 0 unspecified atom stereocenters. The number of aryl methyl sites for hydroxylation is 2. The largest absolute Gasteiger partial charge is 0.391 e. The topological polar surface area (TPSA) is 18.5 Å². The van der Waals surface area contributed by atoms with Gasteiger partial charge in [0.25, 0.3) is 12.3 Å². The molecule has 0 spiro atoms. The summed E-state index contributed by atoms with van der Waals surface area (Å²) in [6, 6.07) is 15.7. The fraction of sp³-hybridized carbons (Fsp3) is 0.143. The second-order valence-electron chi connectivity index (χ2n) is 3.86. The molecule has 0 saturated heterocycles. The van der Waals surface area contributed by atoms with E-state index in [1.165, 1.54) is 11.1 Å². The summed E-state index contributed by atoms with van der Waals surface area (Å²) in [6.45, 7) is 4.08. The Labute approximate surface area is 106 Å². The molecule has 0 aromatic heterocycles. The Morgan fingerprint density at radius 3 is 1.35 bits per heavy atom. The Morgan fingerprint density at radius 2 is 1.00 bits per heavy atom. The minimum Gasteiger partial charge on any atom is -0.391 e. The lowest BCUT2D eigenvalue weighted by molar-refractivity contribution is 0.540. The lowest BCUT2D eigenvalue weighted by Gasteiger charge is -2.05. The van der Waals surface area contributed by atoms with Crippen LogP contribution in [-0.2, 0) is 0 Å². The molecule has 0 fully saturated rings. The predicted octanol–water partition coefficient (Wildman–Crippen LogP) is 4.32. The maximum absolute atomic E-state index is 5.39. The second-order valence-corrected chi connectivity index (χ2v) is 4.33. The van der Waals surface area contributed by atoms with Crippen LogP contribution in [0.25, 0.3) is 0 Å². The average molecular weight is 246 g/mol. The van der Waals surface area contributed by atoms with E-state index in [9.17, 15) is 0 Å². The zero-order valence-electron chi connectivity index (χ0n) is 9.84. The van der Waals surface area contributed by atoms with Gasteiger partial charge >= 0.3 is 0 Å². The van der Waals surface area contributed by atoms with Crippen molar-refractivity contribution in [3.8, 4) is 11.5 Å². The minimum absolute atomic E-state index is 0.785. The zero-order valence-corrected chi connectivity index (χ0v) is 10.7. The number of hydrogen-bond acceptors (Lipinski definition) is 3. The van der Waals surface area contributed by atoms with Gasteiger partial charge in [-0.05, 0) is 38.1 Å². The van der Waals surface area contributed by atoms with Crippen LogP contribution < -0.4 is 8.37 Å². The van der Waals surface area contributed by atoms with Crippen molar-refractivity contribution >= 4 is 12.3 Å². The van der Waals surface area contributed by atoms with Crippen molar-refractivity contribution in [2.75, 3.05) is 0 Å². The highest BCUT2D eigenvalue weighted by atomic mass is 32.2. The maximum atomic E-state index is 5.39. The summed E-state index contributed by atoms with van der Waals surface area (Å²) in [5.74, 6) is 1.57. The van der Waals surface area contributed by atoms with Crippen molar-refractivity contribution in [1.82, 2.24) is 0 Å². The van der Waals surface area contributed by atoms with Gasteiger partial charge in [-0.25, -0.2) is 0 Å². The molecule has 0 atom stereocenters. The van der Waals surface area contributed by atoms with Crippen molar-refractivity contribution in [3.05, 3.63) is 59.7 Å². The molecule has 2 aromatic rings. The molecule has 0 saturated carbocycles. The van der Waals surface area contributed by atoms with Gasteiger partial charge in [0, 0.05) is 0 Å². The highest BCUT2D eigenvalue weighted by Gasteiger charge is 1.97. The zero-order chi connectivity index (χ0) is 12.1. The van der Waals surface area contributed by atoms with Crippen molar-refractivity contribution in [2.45, 2.75) is 13.8 Å². The number of benzene rings is 2. The van der Waals surface area contributed by atoms with Crippen LogP contribution in [0.2, 0.25) is 0 Å². The van der Waals surface area contributed by atoms with E-state index in [1.807, 2.05) is 62.4 Å². The molecule has 0 radical (unpaired) electrons. The minimum atomic E-state index is 0.785. The summed E-state index contributed by atoms with van der Waals surface area (Å²) in [5.41, 5.74) is 2.42. The second kappa shape index (κ2) is 5.64.